The maximum Gasteiger partial charge on any atom is 0.324 e. The summed E-state index contributed by atoms with van der Waals surface area (Å²) in [6, 6.07) is 1.28. The Bertz CT molecular complexity index is 453. The van der Waals surface area contributed by atoms with Gasteiger partial charge < -0.3 is 9.73 Å². The number of carbonyl (C=O) groups excluding carboxylic acids is 2. The Labute approximate surface area is 103 Å². The minimum absolute atomic E-state index is 0.146. The molecule has 0 bridgehead atoms. The highest BCUT2D eigenvalue weighted by Gasteiger charge is 2.40. The van der Waals surface area contributed by atoms with E-state index in [4.69, 9.17) is 4.42 Å². The van der Waals surface area contributed by atoms with Gasteiger partial charge in [0.1, 0.15) is 0 Å². The standard InChI is InChI=1S/C11H14N4O3/c16-10-9(7-1-2-18-6-7)5-12-11(17)15(10)8-3-13-14-4-8/h1-2,6,8-9,13-14H,3-5H2,(H,12,17). The largest absolute Gasteiger partial charge is 0.472 e. The normalized spacial score (nSPS) is 25.6. The molecular formula is C11H14N4O3. The molecule has 0 aliphatic carbocycles. The number of hydrogen-bond acceptors (Lipinski definition) is 5. The predicted octanol–water partition coefficient (Wildman–Crippen LogP) is -0.609. The highest BCUT2D eigenvalue weighted by atomic mass is 16.3. The topological polar surface area (TPSA) is 86.6 Å². The number of urea groups is 1. The van der Waals surface area contributed by atoms with Gasteiger partial charge in [0.15, 0.2) is 0 Å². The van der Waals surface area contributed by atoms with Gasteiger partial charge in [0.25, 0.3) is 0 Å². The third-order valence-corrected chi connectivity index (χ3v) is 3.32. The zero-order valence-electron chi connectivity index (χ0n) is 9.68. The quantitative estimate of drug-likeness (QED) is 0.652. The fourth-order valence-electron chi connectivity index (χ4n) is 2.34. The van der Waals surface area contributed by atoms with E-state index in [1.165, 1.54) is 11.2 Å². The van der Waals surface area contributed by atoms with Crippen LogP contribution in [0.1, 0.15) is 11.5 Å². The first-order chi connectivity index (χ1) is 8.77. The summed E-state index contributed by atoms with van der Waals surface area (Å²) in [5.41, 5.74) is 6.63. The maximum atomic E-state index is 12.4. The van der Waals surface area contributed by atoms with Gasteiger partial charge in [-0.05, 0) is 6.07 Å². The molecular weight excluding hydrogens is 236 g/mol. The first-order valence-corrected chi connectivity index (χ1v) is 5.86. The summed E-state index contributed by atoms with van der Waals surface area (Å²) >= 11 is 0. The molecule has 1 aromatic rings. The van der Waals surface area contributed by atoms with Crippen molar-refractivity contribution in [1.29, 1.82) is 0 Å². The van der Waals surface area contributed by atoms with Gasteiger partial charge in [-0.1, -0.05) is 0 Å². The third-order valence-electron chi connectivity index (χ3n) is 3.32. The van der Waals surface area contributed by atoms with Crippen LogP contribution in [0.2, 0.25) is 0 Å². The van der Waals surface area contributed by atoms with Gasteiger partial charge in [-0.25, -0.2) is 4.79 Å². The zero-order chi connectivity index (χ0) is 12.5. The lowest BCUT2D eigenvalue weighted by molar-refractivity contribution is -0.132. The average Bonchev–Trinajstić information content (AvgIpc) is 3.01. The van der Waals surface area contributed by atoms with Crippen molar-refractivity contribution in [2.24, 2.45) is 0 Å². The van der Waals surface area contributed by atoms with Crippen LogP contribution in [0, 0.1) is 0 Å². The number of hydrazine groups is 1. The maximum absolute atomic E-state index is 12.4. The summed E-state index contributed by atoms with van der Waals surface area (Å²) in [6.45, 7) is 1.45. The second-order valence-electron chi connectivity index (χ2n) is 4.42. The van der Waals surface area contributed by atoms with Crippen molar-refractivity contribution in [2.75, 3.05) is 19.6 Å². The van der Waals surface area contributed by atoms with Crippen LogP contribution in [-0.2, 0) is 4.79 Å². The minimum Gasteiger partial charge on any atom is -0.472 e. The number of imide groups is 1. The molecule has 1 aromatic heterocycles. The van der Waals surface area contributed by atoms with Gasteiger partial charge in [-0.3, -0.25) is 20.5 Å². The molecule has 3 heterocycles. The van der Waals surface area contributed by atoms with Crippen molar-refractivity contribution >= 4 is 11.9 Å². The van der Waals surface area contributed by atoms with Crippen LogP contribution in [0.15, 0.2) is 23.0 Å². The highest BCUT2D eigenvalue weighted by Crippen LogP contribution is 2.23. The molecule has 7 heteroatoms. The Morgan fingerprint density at radius 3 is 2.67 bits per heavy atom. The number of carbonyl (C=O) groups is 2. The van der Waals surface area contributed by atoms with E-state index in [9.17, 15) is 9.59 Å². The molecule has 2 saturated heterocycles. The number of rotatable bonds is 2. The summed E-state index contributed by atoms with van der Waals surface area (Å²) in [5, 5.41) is 2.75. The predicted molar refractivity (Wildman–Crippen MR) is 61.5 cm³/mol. The zero-order valence-corrected chi connectivity index (χ0v) is 9.68. The molecule has 0 saturated carbocycles. The molecule has 0 spiro atoms. The third kappa shape index (κ3) is 1.77. The minimum atomic E-state index is -0.359. The second kappa shape index (κ2) is 4.43. The monoisotopic (exact) mass is 250 g/mol. The first kappa shape index (κ1) is 11.2. The summed E-state index contributed by atoms with van der Waals surface area (Å²) in [5.74, 6) is -0.530. The lowest BCUT2D eigenvalue weighted by Crippen LogP contribution is -2.58. The average molecular weight is 250 g/mol. The van der Waals surface area contributed by atoms with E-state index in [0.29, 0.717) is 19.6 Å². The number of nitrogens with zero attached hydrogens (tertiary/aromatic N) is 1. The van der Waals surface area contributed by atoms with Gasteiger partial charge in [-0.15, -0.1) is 0 Å². The van der Waals surface area contributed by atoms with Gasteiger partial charge in [0.05, 0.1) is 24.5 Å². The fraction of sp³-hybridized carbons (Fsp3) is 0.455. The molecule has 2 aliphatic rings. The van der Waals surface area contributed by atoms with Crippen molar-refractivity contribution in [3.05, 3.63) is 24.2 Å². The molecule has 96 valence electrons. The smallest absolute Gasteiger partial charge is 0.324 e. The molecule has 0 radical (unpaired) electrons. The van der Waals surface area contributed by atoms with Crippen molar-refractivity contribution in [3.63, 3.8) is 0 Å². The fourth-order valence-corrected chi connectivity index (χ4v) is 2.34. The van der Waals surface area contributed by atoms with Crippen molar-refractivity contribution in [1.82, 2.24) is 21.1 Å². The van der Waals surface area contributed by atoms with Crippen LogP contribution >= 0.6 is 0 Å². The molecule has 3 N–H and O–H groups in total. The SMILES string of the molecule is O=C1NCC(c2ccoc2)C(=O)N1C1CNNC1. The van der Waals surface area contributed by atoms with E-state index in [2.05, 4.69) is 16.2 Å². The number of hydrogen-bond donors (Lipinski definition) is 3. The van der Waals surface area contributed by atoms with Crippen LogP contribution in [0.3, 0.4) is 0 Å². The van der Waals surface area contributed by atoms with Gasteiger partial charge in [-0.2, -0.15) is 0 Å². The van der Waals surface area contributed by atoms with E-state index in [1.807, 2.05) is 0 Å². The molecule has 1 unspecified atom stereocenters. The van der Waals surface area contributed by atoms with Gasteiger partial charge in [0.2, 0.25) is 5.91 Å². The Kier molecular flexibility index (Phi) is 2.77. The van der Waals surface area contributed by atoms with E-state index < -0.39 is 0 Å². The lowest BCUT2D eigenvalue weighted by Gasteiger charge is -2.34. The molecule has 2 fully saturated rings. The van der Waals surface area contributed by atoms with Crippen LogP contribution in [0.5, 0.6) is 0 Å². The summed E-state index contributed by atoms with van der Waals surface area (Å²) < 4.78 is 5.00. The summed E-state index contributed by atoms with van der Waals surface area (Å²) in [4.78, 5) is 25.5. The first-order valence-electron chi connectivity index (χ1n) is 5.86. The molecule has 7 nitrogen and oxygen atoms in total. The Hall–Kier alpha value is -1.86. The highest BCUT2D eigenvalue weighted by molar-refractivity contribution is 6.00. The Morgan fingerprint density at radius 1 is 1.22 bits per heavy atom. The lowest BCUT2D eigenvalue weighted by atomic mass is 9.98. The van der Waals surface area contributed by atoms with Crippen molar-refractivity contribution < 1.29 is 14.0 Å². The Balaban J connectivity index is 1.84. The summed E-state index contributed by atoms with van der Waals surface area (Å²) in [6.07, 6.45) is 3.07. The molecule has 0 aromatic carbocycles. The number of nitrogens with one attached hydrogen (secondary N) is 3. The molecule has 3 amide bonds. The second-order valence-corrected chi connectivity index (χ2v) is 4.42. The number of furan rings is 1. The van der Waals surface area contributed by atoms with Gasteiger partial charge in [0, 0.05) is 25.2 Å². The molecule has 18 heavy (non-hydrogen) atoms. The van der Waals surface area contributed by atoms with Crippen LogP contribution in [0.25, 0.3) is 0 Å². The van der Waals surface area contributed by atoms with E-state index >= 15 is 0 Å². The van der Waals surface area contributed by atoms with E-state index in [1.54, 1.807) is 12.3 Å². The van der Waals surface area contributed by atoms with E-state index in [-0.39, 0.29) is 23.9 Å². The summed E-state index contributed by atoms with van der Waals surface area (Å²) in [7, 11) is 0. The Morgan fingerprint density at radius 2 is 2.00 bits per heavy atom. The van der Waals surface area contributed by atoms with Gasteiger partial charge >= 0.3 is 6.03 Å². The molecule has 3 rings (SSSR count). The van der Waals surface area contributed by atoms with Crippen LogP contribution in [0.4, 0.5) is 4.79 Å². The van der Waals surface area contributed by atoms with Crippen LogP contribution < -0.4 is 16.2 Å². The van der Waals surface area contributed by atoms with Crippen LogP contribution in [-0.4, -0.2) is 42.5 Å². The van der Waals surface area contributed by atoms with E-state index in [0.717, 1.165) is 5.56 Å². The molecule has 2 aliphatic heterocycles. The number of amides is 3. The molecule has 1 atom stereocenters. The van der Waals surface area contributed by atoms with Crippen molar-refractivity contribution in [2.45, 2.75) is 12.0 Å². The van der Waals surface area contributed by atoms with Crippen molar-refractivity contribution in [3.8, 4) is 0 Å².